The Morgan fingerprint density at radius 3 is 2.43 bits per heavy atom. The number of aliphatic carboxylic acids is 1. The Balaban J connectivity index is 1.36. The van der Waals surface area contributed by atoms with E-state index < -0.39 is 5.97 Å². The maximum atomic E-state index is 11.5. The smallest absolute Gasteiger partial charge is 0.320 e. The predicted octanol–water partition coefficient (Wildman–Crippen LogP) is 5.37. The second-order valence-electron chi connectivity index (χ2n) is 7.82. The van der Waals surface area contributed by atoms with Crippen molar-refractivity contribution in [1.82, 2.24) is 4.90 Å². The highest BCUT2D eigenvalue weighted by Gasteiger charge is 2.28. The molecule has 1 N–H and O–H groups in total. The van der Waals surface area contributed by atoms with Crippen LogP contribution in [0.25, 0.3) is 11.1 Å². The molecule has 30 heavy (non-hydrogen) atoms. The fraction of sp³-hybridized carbons (Fsp3) is 0.269. The van der Waals surface area contributed by atoms with Gasteiger partial charge < -0.3 is 9.84 Å². The van der Waals surface area contributed by atoms with E-state index in [-0.39, 0.29) is 6.04 Å². The van der Waals surface area contributed by atoms with Crippen molar-refractivity contribution in [2.24, 2.45) is 0 Å². The zero-order chi connectivity index (χ0) is 20.8. The molecule has 4 heteroatoms. The summed E-state index contributed by atoms with van der Waals surface area (Å²) in [5, 5.41) is 9.44. The van der Waals surface area contributed by atoms with Gasteiger partial charge >= 0.3 is 5.97 Å². The third-order valence-electron chi connectivity index (χ3n) is 5.65. The van der Waals surface area contributed by atoms with E-state index in [4.69, 9.17) is 4.74 Å². The van der Waals surface area contributed by atoms with Gasteiger partial charge in [-0.1, -0.05) is 67.1 Å². The van der Waals surface area contributed by atoms with Crippen LogP contribution < -0.4 is 4.74 Å². The van der Waals surface area contributed by atoms with Crippen LogP contribution in [0, 0.1) is 0 Å². The molecule has 3 aromatic carbocycles. The van der Waals surface area contributed by atoms with E-state index in [1.54, 1.807) is 0 Å². The maximum absolute atomic E-state index is 11.5. The highest BCUT2D eigenvalue weighted by Crippen LogP contribution is 2.23. The third-order valence-corrected chi connectivity index (χ3v) is 5.65. The van der Waals surface area contributed by atoms with Gasteiger partial charge in [-0.15, -0.1) is 0 Å². The zero-order valence-corrected chi connectivity index (χ0v) is 17.0. The van der Waals surface area contributed by atoms with Gasteiger partial charge in [-0.05, 0) is 59.8 Å². The van der Waals surface area contributed by atoms with Crippen LogP contribution in [0.15, 0.2) is 78.9 Å². The van der Waals surface area contributed by atoms with Crippen molar-refractivity contribution in [1.29, 1.82) is 0 Å². The lowest BCUT2D eigenvalue weighted by Crippen LogP contribution is -2.43. The van der Waals surface area contributed by atoms with E-state index in [9.17, 15) is 9.90 Å². The summed E-state index contributed by atoms with van der Waals surface area (Å²) in [5.74, 6) is 0.102. The number of nitrogens with zero attached hydrogens (tertiary/aromatic N) is 1. The molecule has 0 bridgehead atoms. The molecular weight excluding hydrogens is 374 g/mol. The van der Waals surface area contributed by atoms with Crippen molar-refractivity contribution in [3.8, 4) is 16.9 Å². The van der Waals surface area contributed by atoms with Crippen molar-refractivity contribution >= 4 is 5.97 Å². The van der Waals surface area contributed by atoms with Gasteiger partial charge in [0.25, 0.3) is 0 Å². The van der Waals surface area contributed by atoms with E-state index in [1.807, 2.05) is 42.5 Å². The van der Waals surface area contributed by atoms with Crippen molar-refractivity contribution in [2.75, 3.05) is 6.54 Å². The van der Waals surface area contributed by atoms with E-state index in [0.717, 1.165) is 42.7 Å². The lowest BCUT2D eigenvalue weighted by Gasteiger charge is -2.32. The monoisotopic (exact) mass is 401 g/mol. The van der Waals surface area contributed by atoms with Gasteiger partial charge in [0.2, 0.25) is 0 Å². The van der Waals surface area contributed by atoms with Crippen LogP contribution in [0.2, 0.25) is 0 Å². The summed E-state index contributed by atoms with van der Waals surface area (Å²) in [5.41, 5.74) is 4.61. The first-order valence-electron chi connectivity index (χ1n) is 10.5. The Bertz CT molecular complexity index is 969. The number of carboxylic acid groups (broad SMARTS) is 1. The molecule has 1 heterocycles. The first kappa shape index (κ1) is 20.2. The first-order chi connectivity index (χ1) is 14.7. The number of piperidine rings is 1. The number of benzene rings is 3. The lowest BCUT2D eigenvalue weighted by molar-refractivity contribution is -0.144. The summed E-state index contributed by atoms with van der Waals surface area (Å²) in [6.07, 6.45) is 2.79. The van der Waals surface area contributed by atoms with Gasteiger partial charge in [-0.3, -0.25) is 9.69 Å². The molecular formula is C26H27NO3. The Morgan fingerprint density at radius 2 is 1.67 bits per heavy atom. The van der Waals surface area contributed by atoms with E-state index in [1.165, 1.54) is 11.1 Å². The van der Waals surface area contributed by atoms with Crippen LogP contribution in [0.3, 0.4) is 0 Å². The quantitative estimate of drug-likeness (QED) is 0.578. The second kappa shape index (κ2) is 9.59. The molecule has 0 amide bonds. The highest BCUT2D eigenvalue weighted by molar-refractivity contribution is 5.73. The predicted molar refractivity (Wildman–Crippen MR) is 118 cm³/mol. The summed E-state index contributed by atoms with van der Waals surface area (Å²) < 4.78 is 5.98. The summed E-state index contributed by atoms with van der Waals surface area (Å²) in [4.78, 5) is 13.5. The molecule has 4 nitrogen and oxygen atoms in total. The minimum absolute atomic E-state index is 0.369. The number of hydrogen-bond acceptors (Lipinski definition) is 3. The molecule has 4 rings (SSSR count). The zero-order valence-electron chi connectivity index (χ0n) is 17.0. The number of rotatable bonds is 7. The van der Waals surface area contributed by atoms with Crippen LogP contribution in [0.5, 0.6) is 5.75 Å². The summed E-state index contributed by atoms with van der Waals surface area (Å²) in [6, 6.07) is 26.4. The minimum atomic E-state index is -0.715. The number of carboxylic acids is 1. The van der Waals surface area contributed by atoms with Crippen molar-refractivity contribution in [3.63, 3.8) is 0 Å². The Labute approximate surface area is 177 Å². The van der Waals surface area contributed by atoms with Gasteiger partial charge in [-0.2, -0.15) is 0 Å². The van der Waals surface area contributed by atoms with E-state index in [0.29, 0.717) is 13.2 Å². The Morgan fingerprint density at radius 1 is 0.900 bits per heavy atom. The number of hydrogen-bond donors (Lipinski definition) is 1. The molecule has 3 aromatic rings. The normalized spacial score (nSPS) is 16.9. The van der Waals surface area contributed by atoms with Crippen molar-refractivity contribution < 1.29 is 14.6 Å². The standard InChI is InChI=1S/C26H27NO3/c28-26(29)25-11-4-5-16-27(25)18-20-12-14-24(15-13-20)30-19-21-7-6-10-23(17-21)22-8-2-1-3-9-22/h1-3,6-10,12-15,17,25H,4-5,11,16,18-19H2,(H,28,29)/t25-/m0/s1. The number of ether oxygens (including phenoxy) is 1. The fourth-order valence-electron chi connectivity index (χ4n) is 4.02. The lowest BCUT2D eigenvalue weighted by atomic mass is 10.0. The average molecular weight is 402 g/mol. The number of likely N-dealkylation sites (tertiary alicyclic amines) is 1. The van der Waals surface area contributed by atoms with Crippen molar-refractivity contribution in [3.05, 3.63) is 90.0 Å². The number of carbonyl (C=O) groups is 1. The molecule has 0 aliphatic carbocycles. The molecule has 1 saturated heterocycles. The highest BCUT2D eigenvalue weighted by atomic mass is 16.5. The van der Waals surface area contributed by atoms with E-state index >= 15 is 0 Å². The molecule has 1 atom stereocenters. The van der Waals surface area contributed by atoms with Crippen LogP contribution in [0.1, 0.15) is 30.4 Å². The van der Waals surface area contributed by atoms with Gasteiger partial charge in [0.15, 0.2) is 0 Å². The molecule has 0 aromatic heterocycles. The first-order valence-corrected chi connectivity index (χ1v) is 10.5. The molecule has 1 fully saturated rings. The SMILES string of the molecule is O=C(O)[C@@H]1CCCCN1Cc1ccc(OCc2cccc(-c3ccccc3)c2)cc1. The van der Waals surface area contributed by atoms with E-state index in [2.05, 4.69) is 41.3 Å². The third kappa shape index (κ3) is 5.08. The molecule has 1 aliphatic heterocycles. The Hall–Kier alpha value is -3.11. The summed E-state index contributed by atoms with van der Waals surface area (Å²) in [7, 11) is 0. The molecule has 154 valence electrons. The van der Waals surface area contributed by atoms with Gasteiger partial charge in [0.1, 0.15) is 18.4 Å². The summed E-state index contributed by atoms with van der Waals surface area (Å²) in [6.45, 7) is 2.01. The van der Waals surface area contributed by atoms with Crippen LogP contribution >= 0.6 is 0 Å². The largest absolute Gasteiger partial charge is 0.489 e. The second-order valence-corrected chi connectivity index (χ2v) is 7.82. The van der Waals surface area contributed by atoms with Crippen LogP contribution in [-0.2, 0) is 17.9 Å². The summed E-state index contributed by atoms with van der Waals surface area (Å²) >= 11 is 0. The molecule has 0 unspecified atom stereocenters. The topological polar surface area (TPSA) is 49.8 Å². The van der Waals surface area contributed by atoms with Crippen LogP contribution in [-0.4, -0.2) is 28.6 Å². The minimum Gasteiger partial charge on any atom is -0.489 e. The maximum Gasteiger partial charge on any atom is 0.320 e. The molecule has 0 saturated carbocycles. The van der Waals surface area contributed by atoms with Gasteiger partial charge in [0, 0.05) is 6.54 Å². The van der Waals surface area contributed by atoms with Gasteiger partial charge in [-0.25, -0.2) is 0 Å². The van der Waals surface area contributed by atoms with Gasteiger partial charge in [0.05, 0.1) is 0 Å². The fourth-order valence-corrected chi connectivity index (χ4v) is 4.02. The average Bonchev–Trinajstić information content (AvgIpc) is 2.80. The Kier molecular flexibility index (Phi) is 6.45. The van der Waals surface area contributed by atoms with Crippen LogP contribution in [0.4, 0.5) is 0 Å². The molecule has 0 spiro atoms. The molecule has 1 aliphatic rings. The molecule has 0 radical (unpaired) electrons. The van der Waals surface area contributed by atoms with Crippen molar-refractivity contribution in [2.45, 2.75) is 38.5 Å².